The first-order valence-corrected chi connectivity index (χ1v) is 5.63. The molecule has 0 radical (unpaired) electrons. The van der Waals surface area contributed by atoms with Gasteiger partial charge in [0.05, 0.1) is 6.20 Å². The Morgan fingerprint density at radius 3 is 2.94 bits per heavy atom. The van der Waals surface area contributed by atoms with Gasteiger partial charge in [0.25, 0.3) is 0 Å². The van der Waals surface area contributed by atoms with Crippen molar-refractivity contribution < 1.29 is 4.39 Å². The van der Waals surface area contributed by atoms with Crippen molar-refractivity contribution in [3.8, 4) is 0 Å². The van der Waals surface area contributed by atoms with E-state index < -0.39 is 0 Å². The van der Waals surface area contributed by atoms with E-state index >= 15 is 0 Å². The molecule has 90 valence electrons. The van der Waals surface area contributed by atoms with Crippen LogP contribution in [0.15, 0.2) is 30.6 Å². The Balaban J connectivity index is 1.92. The highest BCUT2D eigenvalue weighted by molar-refractivity contribution is 5.50. The van der Waals surface area contributed by atoms with Crippen molar-refractivity contribution in [1.29, 1.82) is 0 Å². The summed E-state index contributed by atoms with van der Waals surface area (Å²) in [5.74, 6) is -0.170. The minimum Gasteiger partial charge on any atom is -0.384 e. The summed E-state index contributed by atoms with van der Waals surface area (Å²) in [5.41, 5.74) is 2.70. The molecule has 0 saturated carbocycles. The zero-order chi connectivity index (χ0) is 12.3. The van der Waals surface area contributed by atoms with E-state index in [-0.39, 0.29) is 5.82 Å². The van der Waals surface area contributed by atoms with Crippen LogP contribution in [-0.4, -0.2) is 16.3 Å². The van der Waals surface area contributed by atoms with E-state index in [0.717, 1.165) is 18.7 Å². The molecule has 0 aliphatic carbocycles. The Kier molecular flexibility index (Phi) is 3.42. The Morgan fingerprint density at radius 2 is 2.24 bits per heavy atom. The van der Waals surface area contributed by atoms with Gasteiger partial charge in [0.2, 0.25) is 0 Å². The molecule has 2 rings (SSSR count). The zero-order valence-electron chi connectivity index (χ0n) is 10.1. The van der Waals surface area contributed by atoms with Gasteiger partial charge >= 0.3 is 0 Å². The molecule has 1 aromatic heterocycles. The number of hydrogen-bond donors (Lipinski definition) is 1. The number of halogens is 1. The number of hydrogen-bond acceptors (Lipinski definition) is 2. The standard InChI is InChI=1S/C13H16FN3/c1-10-12(14)4-3-5-13(10)15-7-6-11-8-16-17(2)9-11/h3-5,8-9,15H,6-7H2,1-2H3. The number of aryl methyl sites for hydroxylation is 1. The second-order valence-corrected chi connectivity index (χ2v) is 4.11. The molecule has 0 aliphatic rings. The predicted octanol–water partition coefficient (Wildman–Crippen LogP) is 2.52. The SMILES string of the molecule is Cc1c(F)cccc1NCCc1cnn(C)c1. The first kappa shape index (κ1) is 11.6. The lowest BCUT2D eigenvalue weighted by molar-refractivity contribution is 0.619. The normalized spacial score (nSPS) is 10.5. The van der Waals surface area contributed by atoms with Crippen LogP contribution in [0.4, 0.5) is 10.1 Å². The van der Waals surface area contributed by atoms with E-state index in [9.17, 15) is 4.39 Å². The number of nitrogens with one attached hydrogen (secondary N) is 1. The summed E-state index contributed by atoms with van der Waals surface area (Å²) < 4.78 is 15.1. The van der Waals surface area contributed by atoms with Gasteiger partial charge in [-0.3, -0.25) is 4.68 Å². The van der Waals surface area contributed by atoms with Crippen molar-refractivity contribution >= 4 is 5.69 Å². The number of anilines is 1. The zero-order valence-corrected chi connectivity index (χ0v) is 10.1. The van der Waals surface area contributed by atoms with E-state index in [1.54, 1.807) is 17.7 Å². The van der Waals surface area contributed by atoms with Crippen LogP contribution in [0.3, 0.4) is 0 Å². The van der Waals surface area contributed by atoms with Gasteiger partial charge in [-0.25, -0.2) is 4.39 Å². The average molecular weight is 233 g/mol. The molecule has 2 aromatic rings. The van der Waals surface area contributed by atoms with Crippen LogP contribution in [0.5, 0.6) is 0 Å². The molecular weight excluding hydrogens is 217 g/mol. The van der Waals surface area contributed by atoms with E-state index in [2.05, 4.69) is 10.4 Å². The molecule has 0 atom stereocenters. The molecule has 3 nitrogen and oxygen atoms in total. The van der Waals surface area contributed by atoms with Crippen molar-refractivity contribution in [1.82, 2.24) is 9.78 Å². The molecule has 1 heterocycles. The van der Waals surface area contributed by atoms with Crippen molar-refractivity contribution in [2.75, 3.05) is 11.9 Å². The highest BCUT2D eigenvalue weighted by atomic mass is 19.1. The third-order valence-electron chi connectivity index (χ3n) is 2.76. The Labute approximate surface area is 100 Å². The maximum Gasteiger partial charge on any atom is 0.128 e. The second kappa shape index (κ2) is 4.99. The third kappa shape index (κ3) is 2.84. The highest BCUT2D eigenvalue weighted by Gasteiger charge is 2.02. The third-order valence-corrected chi connectivity index (χ3v) is 2.76. The van der Waals surface area contributed by atoms with Crippen molar-refractivity contribution in [3.05, 3.63) is 47.5 Å². The smallest absolute Gasteiger partial charge is 0.128 e. The summed E-state index contributed by atoms with van der Waals surface area (Å²) in [6, 6.07) is 5.08. The van der Waals surface area contributed by atoms with Crippen LogP contribution in [0.1, 0.15) is 11.1 Å². The summed E-state index contributed by atoms with van der Waals surface area (Å²) >= 11 is 0. The molecule has 0 spiro atoms. The van der Waals surface area contributed by atoms with Crippen molar-refractivity contribution in [2.45, 2.75) is 13.3 Å². The van der Waals surface area contributed by atoms with Crippen molar-refractivity contribution in [2.24, 2.45) is 7.05 Å². The first-order valence-electron chi connectivity index (χ1n) is 5.63. The van der Waals surface area contributed by atoms with Gasteiger partial charge in [-0.2, -0.15) is 5.10 Å². The molecule has 0 bridgehead atoms. The van der Waals surface area contributed by atoms with Crippen LogP contribution >= 0.6 is 0 Å². The van der Waals surface area contributed by atoms with Gasteiger partial charge in [-0.15, -0.1) is 0 Å². The quantitative estimate of drug-likeness (QED) is 0.879. The molecular formula is C13H16FN3. The topological polar surface area (TPSA) is 29.9 Å². The summed E-state index contributed by atoms with van der Waals surface area (Å²) in [6.45, 7) is 2.55. The largest absolute Gasteiger partial charge is 0.384 e. The summed E-state index contributed by atoms with van der Waals surface area (Å²) in [4.78, 5) is 0. The van der Waals surface area contributed by atoms with Gasteiger partial charge in [-0.05, 0) is 31.0 Å². The molecule has 0 aliphatic heterocycles. The van der Waals surface area contributed by atoms with E-state index in [4.69, 9.17) is 0 Å². The van der Waals surface area contributed by atoms with Crippen LogP contribution in [0.2, 0.25) is 0 Å². The van der Waals surface area contributed by atoms with Gasteiger partial charge in [0.1, 0.15) is 5.82 Å². The van der Waals surface area contributed by atoms with Crippen LogP contribution < -0.4 is 5.32 Å². The Hall–Kier alpha value is -1.84. The predicted molar refractivity (Wildman–Crippen MR) is 66.5 cm³/mol. The summed E-state index contributed by atoms with van der Waals surface area (Å²) in [7, 11) is 1.90. The summed E-state index contributed by atoms with van der Waals surface area (Å²) in [6.07, 6.45) is 4.71. The van der Waals surface area contributed by atoms with Crippen LogP contribution in [-0.2, 0) is 13.5 Å². The molecule has 0 fully saturated rings. The lowest BCUT2D eigenvalue weighted by atomic mass is 10.2. The number of aromatic nitrogens is 2. The number of rotatable bonds is 4. The summed E-state index contributed by atoms with van der Waals surface area (Å²) in [5, 5.41) is 7.34. The fourth-order valence-corrected chi connectivity index (χ4v) is 1.74. The maximum absolute atomic E-state index is 13.3. The van der Waals surface area contributed by atoms with Gasteiger partial charge in [-0.1, -0.05) is 6.07 Å². The van der Waals surface area contributed by atoms with E-state index in [1.807, 2.05) is 25.5 Å². The second-order valence-electron chi connectivity index (χ2n) is 4.11. The van der Waals surface area contributed by atoms with Crippen LogP contribution in [0, 0.1) is 12.7 Å². The van der Waals surface area contributed by atoms with Gasteiger partial charge in [0.15, 0.2) is 0 Å². The monoisotopic (exact) mass is 233 g/mol. The van der Waals surface area contributed by atoms with E-state index in [0.29, 0.717) is 5.56 Å². The number of nitrogens with zero attached hydrogens (tertiary/aromatic N) is 2. The van der Waals surface area contributed by atoms with Gasteiger partial charge < -0.3 is 5.32 Å². The molecule has 4 heteroatoms. The fraction of sp³-hybridized carbons (Fsp3) is 0.308. The maximum atomic E-state index is 13.3. The molecule has 0 amide bonds. The molecule has 1 N–H and O–H groups in total. The highest BCUT2D eigenvalue weighted by Crippen LogP contribution is 2.17. The van der Waals surface area contributed by atoms with E-state index in [1.165, 1.54) is 11.6 Å². The Bertz CT molecular complexity index is 505. The molecule has 1 aromatic carbocycles. The lowest BCUT2D eigenvalue weighted by Gasteiger charge is -2.09. The number of benzene rings is 1. The van der Waals surface area contributed by atoms with Gasteiger partial charge in [0, 0.05) is 31.0 Å². The minimum absolute atomic E-state index is 0.170. The molecule has 17 heavy (non-hydrogen) atoms. The molecule has 0 unspecified atom stereocenters. The van der Waals surface area contributed by atoms with Crippen molar-refractivity contribution in [3.63, 3.8) is 0 Å². The fourth-order valence-electron chi connectivity index (χ4n) is 1.74. The Morgan fingerprint density at radius 1 is 1.41 bits per heavy atom. The molecule has 0 saturated heterocycles. The van der Waals surface area contributed by atoms with Crippen LogP contribution in [0.25, 0.3) is 0 Å². The first-order chi connectivity index (χ1) is 8.16. The lowest BCUT2D eigenvalue weighted by Crippen LogP contribution is -2.06. The minimum atomic E-state index is -0.170. The average Bonchev–Trinajstić information content (AvgIpc) is 2.70.